The van der Waals surface area contributed by atoms with E-state index in [1.807, 2.05) is 0 Å². The van der Waals surface area contributed by atoms with Crippen molar-refractivity contribution in [3.05, 3.63) is 58.7 Å². The van der Waals surface area contributed by atoms with Gasteiger partial charge in [-0.3, -0.25) is 0 Å². The van der Waals surface area contributed by atoms with Crippen LogP contribution in [0.5, 0.6) is 0 Å². The van der Waals surface area contributed by atoms with Gasteiger partial charge in [0.25, 0.3) is 0 Å². The van der Waals surface area contributed by atoms with Gasteiger partial charge in [0.2, 0.25) is 0 Å². The molecule has 0 spiro atoms. The third-order valence-corrected chi connectivity index (χ3v) is 2.43. The maximum absolute atomic E-state index is 13.2. The molecule has 10 heteroatoms. The largest absolute Gasteiger partial charge is 0.204 e. The van der Waals surface area contributed by atoms with Crippen LogP contribution < -0.4 is 0 Å². The average Bonchev–Trinajstić information content (AvgIpc) is 2.46. The zero-order valence-electron chi connectivity index (χ0n) is 10.1. The van der Waals surface area contributed by atoms with E-state index in [2.05, 4.69) is 10.2 Å². The molecule has 0 heterocycles. The molecule has 0 fully saturated rings. The van der Waals surface area contributed by atoms with E-state index in [0.717, 1.165) is 0 Å². The van der Waals surface area contributed by atoms with Gasteiger partial charge >= 0.3 is 0 Å². The van der Waals surface area contributed by atoms with Gasteiger partial charge in [0.05, 0.1) is 0 Å². The maximum Gasteiger partial charge on any atom is 0.189 e. The van der Waals surface area contributed by atoms with E-state index in [0.29, 0.717) is 0 Å². The second-order valence-corrected chi connectivity index (χ2v) is 3.83. The predicted octanol–water partition coefficient (Wildman–Crippen LogP) is 5.21. The second-order valence-electron chi connectivity index (χ2n) is 3.83. The monoisotopic (exact) mass is 326 g/mol. The number of hydrogen-bond donors (Lipinski definition) is 0. The summed E-state index contributed by atoms with van der Waals surface area (Å²) in [7, 11) is 0. The van der Waals surface area contributed by atoms with E-state index in [9.17, 15) is 35.1 Å². The van der Waals surface area contributed by atoms with E-state index in [-0.39, 0.29) is 12.1 Å². The smallest absolute Gasteiger partial charge is 0.189 e. The molecule has 0 bridgehead atoms. The highest BCUT2D eigenvalue weighted by Gasteiger charge is 2.22. The standard InChI is InChI=1S/C12H2F8N2/c13-3-1-4(14)8(18)11(7(3)17)21-22-12-9(19)5(15)2-6(16)10(12)20/h1-2H/b22-21+. The third-order valence-electron chi connectivity index (χ3n) is 2.43. The molecule has 2 nitrogen and oxygen atoms in total. The Balaban J connectivity index is 2.60. The summed E-state index contributed by atoms with van der Waals surface area (Å²) < 4.78 is 104. The number of hydrogen-bond acceptors (Lipinski definition) is 2. The summed E-state index contributed by atoms with van der Waals surface area (Å²) in [5, 5.41) is 5.17. The van der Waals surface area contributed by atoms with Gasteiger partial charge in [0.15, 0.2) is 57.9 Å². The second kappa shape index (κ2) is 5.70. The molecule has 0 aromatic heterocycles. The molecular weight excluding hydrogens is 324 g/mol. The summed E-state index contributed by atoms with van der Waals surface area (Å²) in [6, 6.07) is -0.264. The Hall–Kier alpha value is -2.52. The zero-order chi connectivity index (χ0) is 16.6. The van der Waals surface area contributed by atoms with Crippen molar-refractivity contribution in [2.75, 3.05) is 0 Å². The van der Waals surface area contributed by atoms with Crippen LogP contribution in [0.3, 0.4) is 0 Å². The van der Waals surface area contributed by atoms with Crippen molar-refractivity contribution >= 4 is 11.4 Å². The molecule has 0 aliphatic carbocycles. The summed E-state index contributed by atoms with van der Waals surface area (Å²) in [4.78, 5) is 0. The minimum Gasteiger partial charge on any atom is -0.204 e. The van der Waals surface area contributed by atoms with Crippen molar-refractivity contribution < 1.29 is 35.1 Å². The van der Waals surface area contributed by atoms with Crippen molar-refractivity contribution in [1.29, 1.82) is 0 Å². The summed E-state index contributed by atoms with van der Waals surface area (Å²) in [5.41, 5.74) is -3.30. The first-order chi connectivity index (χ1) is 10.2. The van der Waals surface area contributed by atoms with Gasteiger partial charge in [-0.2, -0.15) is 0 Å². The molecule has 0 N–H and O–H groups in total. The molecule has 0 atom stereocenters. The van der Waals surface area contributed by atoms with Gasteiger partial charge in [-0.05, 0) is 0 Å². The number of benzene rings is 2. The molecular formula is C12H2F8N2. The Morgan fingerprint density at radius 3 is 0.909 bits per heavy atom. The van der Waals surface area contributed by atoms with Gasteiger partial charge < -0.3 is 0 Å². The van der Waals surface area contributed by atoms with Crippen molar-refractivity contribution in [2.45, 2.75) is 0 Å². The lowest BCUT2D eigenvalue weighted by atomic mass is 10.2. The quantitative estimate of drug-likeness (QED) is 0.411. The van der Waals surface area contributed by atoms with Crippen LogP contribution in [0.2, 0.25) is 0 Å². The van der Waals surface area contributed by atoms with Crippen LogP contribution in [0.1, 0.15) is 0 Å². The van der Waals surface area contributed by atoms with Crippen molar-refractivity contribution in [1.82, 2.24) is 0 Å². The van der Waals surface area contributed by atoms with Crippen LogP contribution in [-0.4, -0.2) is 0 Å². The van der Waals surface area contributed by atoms with E-state index in [1.54, 1.807) is 0 Å². The summed E-state index contributed by atoms with van der Waals surface area (Å²) in [6.45, 7) is 0. The van der Waals surface area contributed by atoms with Crippen LogP contribution in [0.25, 0.3) is 0 Å². The Labute approximate surface area is 116 Å². The molecule has 0 amide bonds. The summed E-state index contributed by atoms with van der Waals surface area (Å²) in [5.74, 6) is -15.4. The van der Waals surface area contributed by atoms with Gasteiger partial charge in [0, 0.05) is 12.1 Å². The van der Waals surface area contributed by atoms with Crippen LogP contribution >= 0.6 is 0 Å². The number of nitrogens with zero attached hydrogens (tertiary/aromatic N) is 2. The Kier molecular flexibility index (Phi) is 4.11. The lowest BCUT2D eigenvalue weighted by molar-refractivity contribution is 0.452. The SMILES string of the molecule is Fc1cc(F)c(F)c(/N=N/c2c(F)c(F)cc(F)c2F)c1F. The van der Waals surface area contributed by atoms with Crippen LogP contribution in [0.4, 0.5) is 46.5 Å². The van der Waals surface area contributed by atoms with Crippen LogP contribution in [0.15, 0.2) is 22.4 Å². The van der Waals surface area contributed by atoms with Gasteiger partial charge in [-0.1, -0.05) is 0 Å². The molecule has 116 valence electrons. The molecule has 0 unspecified atom stereocenters. The van der Waals surface area contributed by atoms with Crippen molar-refractivity contribution in [3.8, 4) is 0 Å². The summed E-state index contributed by atoms with van der Waals surface area (Å²) in [6.07, 6.45) is 0. The van der Waals surface area contributed by atoms with Gasteiger partial charge in [0.1, 0.15) is 0 Å². The first kappa shape index (κ1) is 15.9. The average molecular weight is 326 g/mol. The molecule has 0 saturated heterocycles. The highest BCUT2D eigenvalue weighted by atomic mass is 19.2. The summed E-state index contributed by atoms with van der Waals surface area (Å²) >= 11 is 0. The van der Waals surface area contributed by atoms with Gasteiger partial charge in [-0.25, -0.2) is 35.1 Å². The minimum absolute atomic E-state index is 0.132. The fourth-order valence-corrected chi connectivity index (χ4v) is 1.40. The van der Waals surface area contributed by atoms with Crippen LogP contribution in [0, 0.1) is 46.5 Å². The van der Waals surface area contributed by atoms with E-state index < -0.39 is 57.9 Å². The maximum atomic E-state index is 13.2. The molecule has 0 aliphatic heterocycles. The molecule has 2 aromatic carbocycles. The molecule has 22 heavy (non-hydrogen) atoms. The molecule has 0 radical (unpaired) electrons. The zero-order valence-corrected chi connectivity index (χ0v) is 10.1. The highest BCUT2D eigenvalue weighted by Crippen LogP contribution is 2.31. The Morgan fingerprint density at radius 2 is 0.682 bits per heavy atom. The third kappa shape index (κ3) is 2.63. The van der Waals surface area contributed by atoms with E-state index in [1.165, 1.54) is 0 Å². The van der Waals surface area contributed by atoms with Gasteiger partial charge in [-0.15, -0.1) is 10.2 Å². The number of azo groups is 1. The lowest BCUT2D eigenvalue weighted by Crippen LogP contribution is -1.95. The lowest BCUT2D eigenvalue weighted by Gasteiger charge is -2.03. The number of halogens is 8. The molecule has 2 aromatic rings. The fourth-order valence-electron chi connectivity index (χ4n) is 1.40. The van der Waals surface area contributed by atoms with E-state index in [4.69, 9.17) is 0 Å². The molecule has 2 rings (SSSR count). The normalized spacial score (nSPS) is 11.5. The van der Waals surface area contributed by atoms with Crippen LogP contribution in [-0.2, 0) is 0 Å². The highest BCUT2D eigenvalue weighted by molar-refractivity contribution is 5.44. The number of rotatable bonds is 2. The predicted molar refractivity (Wildman–Crippen MR) is 56.7 cm³/mol. The first-order valence-electron chi connectivity index (χ1n) is 5.31. The Morgan fingerprint density at radius 1 is 0.455 bits per heavy atom. The van der Waals surface area contributed by atoms with E-state index >= 15 is 0 Å². The first-order valence-corrected chi connectivity index (χ1v) is 5.31. The molecule has 0 saturated carbocycles. The fraction of sp³-hybridized carbons (Fsp3) is 0. The van der Waals surface area contributed by atoms with Crippen molar-refractivity contribution in [2.24, 2.45) is 10.2 Å². The van der Waals surface area contributed by atoms with Crippen molar-refractivity contribution in [3.63, 3.8) is 0 Å². The minimum atomic E-state index is -2.00. The molecule has 0 aliphatic rings. The topological polar surface area (TPSA) is 24.7 Å². The Bertz CT molecular complexity index is 670.